The van der Waals surface area contributed by atoms with Crippen LogP contribution < -0.4 is 4.74 Å². The molecule has 0 spiro atoms. The van der Waals surface area contributed by atoms with Gasteiger partial charge in [0.25, 0.3) is 0 Å². The number of aromatic nitrogens is 5. The van der Waals surface area contributed by atoms with E-state index in [9.17, 15) is 0 Å². The van der Waals surface area contributed by atoms with Crippen LogP contribution in [0.15, 0.2) is 48.8 Å². The van der Waals surface area contributed by atoms with Crippen molar-refractivity contribution in [1.82, 2.24) is 30.1 Å². The van der Waals surface area contributed by atoms with Gasteiger partial charge in [0.1, 0.15) is 5.75 Å². The zero-order valence-electron chi connectivity index (χ0n) is 15.5. The van der Waals surface area contributed by atoms with Crippen molar-refractivity contribution in [1.29, 1.82) is 0 Å². The molecule has 0 bridgehead atoms. The van der Waals surface area contributed by atoms with E-state index >= 15 is 0 Å². The third-order valence-corrected chi connectivity index (χ3v) is 4.96. The van der Waals surface area contributed by atoms with Crippen molar-refractivity contribution in [3.63, 3.8) is 0 Å². The van der Waals surface area contributed by atoms with Crippen LogP contribution in [0, 0.1) is 5.92 Å². The summed E-state index contributed by atoms with van der Waals surface area (Å²) in [6, 6.07) is 12.1. The van der Waals surface area contributed by atoms with Gasteiger partial charge >= 0.3 is 0 Å². The number of piperidine rings is 1. The van der Waals surface area contributed by atoms with Gasteiger partial charge in [0.05, 0.1) is 13.7 Å². The van der Waals surface area contributed by atoms with E-state index < -0.39 is 0 Å². The molecule has 1 aliphatic rings. The molecule has 0 N–H and O–H groups in total. The quantitative estimate of drug-likeness (QED) is 0.670. The van der Waals surface area contributed by atoms with Crippen molar-refractivity contribution in [2.24, 2.45) is 5.92 Å². The Bertz CT molecular complexity index is 866. The second-order valence-electron chi connectivity index (χ2n) is 7.00. The molecule has 1 saturated heterocycles. The molecule has 0 radical (unpaired) electrons. The lowest BCUT2D eigenvalue weighted by Crippen LogP contribution is -2.36. The van der Waals surface area contributed by atoms with Crippen molar-refractivity contribution >= 4 is 0 Å². The first kappa shape index (κ1) is 17.6. The summed E-state index contributed by atoms with van der Waals surface area (Å²) in [7, 11) is 1.71. The largest absolute Gasteiger partial charge is 0.497 e. The molecule has 0 amide bonds. The number of tetrazole rings is 1. The van der Waals surface area contributed by atoms with E-state index in [1.54, 1.807) is 24.3 Å². The number of hydrogen-bond acceptors (Lipinski definition) is 6. The van der Waals surface area contributed by atoms with E-state index in [2.05, 4.69) is 43.5 Å². The van der Waals surface area contributed by atoms with Gasteiger partial charge in [-0.1, -0.05) is 12.1 Å². The summed E-state index contributed by atoms with van der Waals surface area (Å²) in [4.78, 5) is 8.26. The highest BCUT2D eigenvalue weighted by Gasteiger charge is 2.21. The molecule has 1 aromatic carbocycles. The Hall–Kier alpha value is -2.80. The average Bonchev–Trinajstić information content (AvgIpc) is 3.17. The molecule has 7 heteroatoms. The lowest BCUT2D eigenvalue weighted by atomic mass is 9.97. The van der Waals surface area contributed by atoms with Crippen LogP contribution in [-0.2, 0) is 13.1 Å². The second kappa shape index (κ2) is 8.26. The molecule has 4 rings (SSSR count). The van der Waals surface area contributed by atoms with Crippen LogP contribution in [0.3, 0.4) is 0 Å². The molecule has 140 valence electrons. The Kier molecular flexibility index (Phi) is 5.39. The van der Waals surface area contributed by atoms with Crippen LogP contribution in [0.25, 0.3) is 11.4 Å². The van der Waals surface area contributed by atoms with E-state index in [4.69, 9.17) is 4.74 Å². The minimum Gasteiger partial charge on any atom is -0.497 e. The van der Waals surface area contributed by atoms with Crippen LogP contribution in [0.5, 0.6) is 5.75 Å². The predicted octanol–water partition coefficient (Wildman–Crippen LogP) is 2.66. The van der Waals surface area contributed by atoms with Gasteiger partial charge in [0.15, 0.2) is 0 Å². The van der Waals surface area contributed by atoms with Gasteiger partial charge in [-0.05, 0) is 60.3 Å². The summed E-state index contributed by atoms with van der Waals surface area (Å²) in [5.74, 6) is 2.10. The van der Waals surface area contributed by atoms with Gasteiger partial charge in [-0.2, -0.15) is 4.80 Å². The van der Waals surface area contributed by atoms with Crippen molar-refractivity contribution in [2.45, 2.75) is 25.9 Å². The van der Waals surface area contributed by atoms with E-state index in [0.717, 1.165) is 37.5 Å². The maximum atomic E-state index is 5.33. The predicted molar refractivity (Wildman–Crippen MR) is 102 cm³/mol. The number of nitrogens with zero attached hydrogens (tertiary/aromatic N) is 6. The molecule has 7 nitrogen and oxygen atoms in total. The summed E-state index contributed by atoms with van der Waals surface area (Å²) in [5.41, 5.74) is 2.23. The first-order valence-electron chi connectivity index (χ1n) is 9.33. The van der Waals surface area contributed by atoms with Gasteiger partial charge < -0.3 is 4.74 Å². The average molecular weight is 364 g/mol. The van der Waals surface area contributed by atoms with Crippen molar-refractivity contribution < 1.29 is 4.74 Å². The van der Waals surface area contributed by atoms with Crippen LogP contribution in [-0.4, -0.2) is 50.3 Å². The van der Waals surface area contributed by atoms with E-state index in [0.29, 0.717) is 11.7 Å². The Morgan fingerprint density at radius 2 is 2.07 bits per heavy atom. The van der Waals surface area contributed by atoms with Gasteiger partial charge in [0, 0.05) is 31.0 Å². The van der Waals surface area contributed by atoms with E-state index in [1.807, 2.05) is 18.2 Å². The zero-order valence-corrected chi connectivity index (χ0v) is 15.5. The smallest absolute Gasteiger partial charge is 0.205 e. The van der Waals surface area contributed by atoms with Crippen molar-refractivity contribution in [2.75, 3.05) is 20.2 Å². The Morgan fingerprint density at radius 1 is 1.19 bits per heavy atom. The molecule has 0 unspecified atom stereocenters. The third kappa shape index (κ3) is 4.49. The summed E-state index contributed by atoms with van der Waals surface area (Å²) < 4.78 is 5.33. The Morgan fingerprint density at radius 3 is 2.93 bits per heavy atom. The van der Waals surface area contributed by atoms with E-state index in [-0.39, 0.29) is 0 Å². The van der Waals surface area contributed by atoms with Crippen LogP contribution in [0.4, 0.5) is 0 Å². The standard InChI is InChI=1S/C20H24N6O/c1-27-19-6-2-4-16(12-19)13-25-11-3-5-17(14-25)15-26-23-20(22-24-26)18-7-9-21-10-8-18/h2,4,6-10,12,17H,3,5,11,13-15H2,1H3/t17-/m1/s1. The monoisotopic (exact) mass is 364 g/mol. The number of benzene rings is 1. The maximum Gasteiger partial charge on any atom is 0.205 e. The number of ether oxygens (including phenoxy) is 1. The molecule has 3 heterocycles. The molecule has 1 fully saturated rings. The minimum atomic E-state index is 0.531. The summed E-state index contributed by atoms with van der Waals surface area (Å²) >= 11 is 0. The number of methoxy groups -OCH3 is 1. The van der Waals surface area contributed by atoms with Crippen molar-refractivity contribution in [3.8, 4) is 17.1 Å². The Balaban J connectivity index is 1.36. The molecular weight excluding hydrogens is 340 g/mol. The molecule has 2 aromatic heterocycles. The number of rotatable bonds is 6. The zero-order chi connectivity index (χ0) is 18.5. The molecular formula is C20H24N6O. The number of likely N-dealkylation sites (tertiary alicyclic amines) is 1. The molecule has 0 aliphatic carbocycles. The fraction of sp³-hybridized carbons (Fsp3) is 0.400. The summed E-state index contributed by atoms with van der Waals surface area (Å²) in [5, 5.41) is 13.0. The highest BCUT2D eigenvalue weighted by atomic mass is 16.5. The highest BCUT2D eigenvalue weighted by molar-refractivity contribution is 5.51. The molecule has 27 heavy (non-hydrogen) atoms. The van der Waals surface area contributed by atoms with Gasteiger partial charge in [-0.3, -0.25) is 9.88 Å². The number of hydrogen-bond donors (Lipinski definition) is 0. The summed E-state index contributed by atoms with van der Waals surface area (Å²) in [6.45, 7) is 3.91. The van der Waals surface area contributed by atoms with E-state index in [1.165, 1.54) is 18.4 Å². The highest BCUT2D eigenvalue weighted by Crippen LogP contribution is 2.21. The normalized spacial score (nSPS) is 17.7. The van der Waals surface area contributed by atoms with Gasteiger partial charge in [-0.15, -0.1) is 10.2 Å². The fourth-order valence-electron chi connectivity index (χ4n) is 3.64. The first-order chi connectivity index (χ1) is 13.3. The molecule has 0 saturated carbocycles. The molecule has 1 aliphatic heterocycles. The van der Waals surface area contributed by atoms with Crippen LogP contribution >= 0.6 is 0 Å². The lowest BCUT2D eigenvalue weighted by molar-refractivity contribution is 0.149. The van der Waals surface area contributed by atoms with Crippen molar-refractivity contribution in [3.05, 3.63) is 54.4 Å². The maximum absolute atomic E-state index is 5.33. The molecule has 3 aromatic rings. The van der Waals surface area contributed by atoms with Gasteiger partial charge in [-0.25, -0.2) is 0 Å². The Labute approximate surface area is 159 Å². The minimum absolute atomic E-state index is 0.531. The summed E-state index contributed by atoms with van der Waals surface area (Å²) in [6.07, 6.45) is 5.88. The topological polar surface area (TPSA) is 69.0 Å². The third-order valence-electron chi connectivity index (χ3n) is 4.96. The number of pyridine rings is 1. The fourth-order valence-corrected chi connectivity index (χ4v) is 3.64. The lowest BCUT2D eigenvalue weighted by Gasteiger charge is -2.32. The van der Waals surface area contributed by atoms with Crippen LogP contribution in [0.2, 0.25) is 0 Å². The van der Waals surface area contributed by atoms with Gasteiger partial charge in [0.2, 0.25) is 5.82 Å². The van der Waals surface area contributed by atoms with Crippen LogP contribution in [0.1, 0.15) is 18.4 Å². The SMILES string of the molecule is COc1cccc(CN2CCC[C@@H](Cn3nnc(-c4ccncc4)n3)C2)c1. The molecule has 1 atom stereocenters. The second-order valence-corrected chi connectivity index (χ2v) is 7.00. The first-order valence-corrected chi connectivity index (χ1v) is 9.33.